The number of benzene rings is 1. The van der Waals surface area contributed by atoms with Gasteiger partial charge in [0, 0.05) is 50.6 Å². The Labute approximate surface area is 146 Å². The third-order valence-corrected chi connectivity index (χ3v) is 5.96. The van der Waals surface area contributed by atoms with E-state index < -0.39 is 0 Å². The van der Waals surface area contributed by atoms with Crippen LogP contribution in [-0.2, 0) is 4.79 Å². The van der Waals surface area contributed by atoms with Crippen molar-refractivity contribution in [3.8, 4) is 0 Å². The predicted octanol–water partition coefficient (Wildman–Crippen LogP) is 2.48. The van der Waals surface area contributed by atoms with Gasteiger partial charge in [0.1, 0.15) is 5.82 Å². The first-order valence-electron chi connectivity index (χ1n) is 8.91. The van der Waals surface area contributed by atoms with E-state index in [-0.39, 0.29) is 5.91 Å². The Morgan fingerprint density at radius 1 is 1.21 bits per heavy atom. The molecule has 1 unspecified atom stereocenters. The summed E-state index contributed by atoms with van der Waals surface area (Å²) in [6.07, 6.45) is 3.96. The van der Waals surface area contributed by atoms with Crippen molar-refractivity contribution >= 4 is 33.3 Å². The van der Waals surface area contributed by atoms with E-state index in [0.717, 1.165) is 57.8 Å². The van der Waals surface area contributed by atoms with Crippen LogP contribution in [-0.4, -0.2) is 53.9 Å². The number of hydrogen-bond donors (Lipinski definition) is 1. The van der Waals surface area contributed by atoms with Gasteiger partial charge in [-0.1, -0.05) is 12.1 Å². The summed E-state index contributed by atoms with van der Waals surface area (Å²) >= 11 is 1.59. The molecule has 5 nitrogen and oxygen atoms in total. The number of carbonyl (C=O) groups is 1. The normalized spacial score (nSPS) is 22.8. The van der Waals surface area contributed by atoms with Crippen LogP contribution < -0.4 is 10.2 Å². The molecule has 6 heteroatoms. The molecule has 2 aliphatic rings. The SMILES string of the molecule is O=C1CCCC(CCN2CCN(c3nsc4ccccc34)CC2)N1. The highest BCUT2D eigenvalue weighted by Crippen LogP contribution is 2.29. The second-order valence-electron chi connectivity index (χ2n) is 6.78. The van der Waals surface area contributed by atoms with Gasteiger partial charge in [0.15, 0.2) is 0 Å². The summed E-state index contributed by atoms with van der Waals surface area (Å²) < 4.78 is 5.94. The Balaban J connectivity index is 1.30. The van der Waals surface area contributed by atoms with Crippen LogP contribution in [0.15, 0.2) is 24.3 Å². The molecule has 3 heterocycles. The van der Waals surface area contributed by atoms with Crippen molar-refractivity contribution in [1.82, 2.24) is 14.6 Å². The molecule has 24 heavy (non-hydrogen) atoms. The second kappa shape index (κ2) is 7.07. The summed E-state index contributed by atoms with van der Waals surface area (Å²) in [5.41, 5.74) is 0. The Morgan fingerprint density at radius 2 is 2.04 bits per heavy atom. The van der Waals surface area contributed by atoms with Crippen molar-refractivity contribution in [1.29, 1.82) is 0 Å². The summed E-state index contributed by atoms with van der Waals surface area (Å²) in [4.78, 5) is 16.4. The van der Waals surface area contributed by atoms with Gasteiger partial charge in [0.25, 0.3) is 0 Å². The minimum Gasteiger partial charge on any atom is -0.353 e. The fraction of sp³-hybridized carbons (Fsp3) is 0.556. The van der Waals surface area contributed by atoms with E-state index in [2.05, 4.69) is 43.8 Å². The fourth-order valence-electron chi connectivity index (χ4n) is 3.72. The van der Waals surface area contributed by atoms with E-state index in [0.29, 0.717) is 12.5 Å². The first-order valence-corrected chi connectivity index (χ1v) is 9.68. The average molecular weight is 344 g/mol. The van der Waals surface area contributed by atoms with Gasteiger partial charge in [-0.3, -0.25) is 9.69 Å². The van der Waals surface area contributed by atoms with Crippen LogP contribution in [0.1, 0.15) is 25.7 Å². The van der Waals surface area contributed by atoms with Gasteiger partial charge in [-0.05, 0) is 42.9 Å². The van der Waals surface area contributed by atoms with Crippen LogP contribution in [0.2, 0.25) is 0 Å². The van der Waals surface area contributed by atoms with Crippen LogP contribution >= 0.6 is 11.5 Å². The Bertz CT molecular complexity index is 708. The van der Waals surface area contributed by atoms with Gasteiger partial charge in [-0.2, -0.15) is 4.37 Å². The highest BCUT2D eigenvalue weighted by Gasteiger charge is 2.23. The lowest BCUT2D eigenvalue weighted by atomic mass is 10.0. The summed E-state index contributed by atoms with van der Waals surface area (Å²) in [6.45, 7) is 5.30. The monoisotopic (exact) mass is 344 g/mol. The Morgan fingerprint density at radius 3 is 2.88 bits per heavy atom. The molecule has 128 valence electrons. The zero-order valence-corrected chi connectivity index (χ0v) is 14.7. The second-order valence-corrected chi connectivity index (χ2v) is 7.58. The largest absolute Gasteiger partial charge is 0.353 e. The Hall–Kier alpha value is -1.66. The van der Waals surface area contributed by atoms with E-state index in [1.807, 2.05) is 0 Å². The molecule has 1 aromatic heterocycles. The quantitative estimate of drug-likeness (QED) is 0.926. The van der Waals surface area contributed by atoms with Crippen molar-refractivity contribution in [2.45, 2.75) is 31.7 Å². The van der Waals surface area contributed by atoms with Crippen molar-refractivity contribution in [3.63, 3.8) is 0 Å². The van der Waals surface area contributed by atoms with Gasteiger partial charge in [0.2, 0.25) is 5.91 Å². The van der Waals surface area contributed by atoms with Crippen LogP contribution in [0, 0.1) is 0 Å². The number of aromatic nitrogens is 1. The van der Waals surface area contributed by atoms with E-state index in [1.54, 1.807) is 11.5 Å². The van der Waals surface area contributed by atoms with E-state index in [1.165, 1.54) is 10.1 Å². The van der Waals surface area contributed by atoms with Gasteiger partial charge in [0.05, 0.1) is 4.70 Å². The van der Waals surface area contributed by atoms with Crippen LogP contribution in [0.4, 0.5) is 5.82 Å². The van der Waals surface area contributed by atoms with Crippen LogP contribution in [0.3, 0.4) is 0 Å². The molecule has 0 spiro atoms. The fourth-order valence-corrected chi connectivity index (χ4v) is 4.52. The molecule has 0 bridgehead atoms. The number of nitrogens with one attached hydrogen (secondary N) is 1. The average Bonchev–Trinajstić information content (AvgIpc) is 3.05. The van der Waals surface area contributed by atoms with Crippen molar-refractivity contribution in [3.05, 3.63) is 24.3 Å². The maximum absolute atomic E-state index is 11.5. The molecule has 1 amide bonds. The number of nitrogens with zero attached hydrogens (tertiary/aromatic N) is 3. The number of carbonyl (C=O) groups excluding carboxylic acids is 1. The summed E-state index contributed by atoms with van der Waals surface area (Å²) in [6, 6.07) is 8.87. The number of piperidine rings is 1. The summed E-state index contributed by atoms with van der Waals surface area (Å²) in [5, 5.41) is 4.40. The first-order chi connectivity index (χ1) is 11.8. The zero-order chi connectivity index (χ0) is 16.4. The maximum Gasteiger partial charge on any atom is 0.220 e. The first kappa shape index (κ1) is 15.8. The molecular formula is C18H24N4OS. The lowest BCUT2D eigenvalue weighted by Gasteiger charge is -2.36. The summed E-state index contributed by atoms with van der Waals surface area (Å²) in [7, 11) is 0. The molecule has 4 rings (SSSR count). The molecule has 1 N–H and O–H groups in total. The number of fused-ring (bicyclic) bond motifs is 1. The van der Waals surface area contributed by atoms with E-state index in [9.17, 15) is 4.79 Å². The van der Waals surface area contributed by atoms with Gasteiger partial charge >= 0.3 is 0 Å². The van der Waals surface area contributed by atoms with Gasteiger partial charge in [-0.15, -0.1) is 0 Å². The van der Waals surface area contributed by atoms with E-state index >= 15 is 0 Å². The Kier molecular flexibility index (Phi) is 4.67. The highest BCUT2D eigenvalue weighted by atomic mass is 32.1. The van der Waals surface area contributed by atoms with Gasteiger partial charge in [-0.25, -0.2) is 0 Å². The minimum atomic E-state index is 0.228. The third-order valence-electron chi connectivity index (χ3n) is 5.15. The summed E-state index contributed by atoms with van der Waals surface area (Å²) in [5.74, 6) is 1.38. The molecule has 1 atom stereocenters. The molecule has 0 radical (unpaired) electrons. The van der Waals surface area contributed by atoms with Crippen LogP contribution in [0.25, 0.3) is 10.1 Å². The van der Waals surface area contributed by atoms with Crippen molar-refractivity contribution in [2.75, 3.05) is 37.6 Å². The van der Waals surface area contributed by atoms with Gasteiger partial charge < -0.3 is 10.2 Å². The molecule has 2 aromatic rings. The molecule has 2 aliphatic heterocycles. The zero-order valence-electron chi connectivity index (χ0n) is 13.9. The lowest BCUT2D eigenvalue weighted by Crippen LogP contribution is -2.48. The number of piperazine rings is 1. The molecule has 0 aliphatic carbocycles. The number of hydrogen-bond acceptors (Lipinski definition) is 5. The minimum absolute atomic E-state index is 0.228. The molecule has 0 saturated carbocycles. The predicted molar refractivity (Wildman–Crippen MR) is 98.7 cm³/mol. The topological polar surface area (TPSA) is 48.5 Å². The van der Waals surface area contributed by atoms with E-state index in [4.69, 9.17) is 0 Å². The standard InChI is InChI=1S/C18H24N4OS/c23-17-7-3-4-14(19-17)8-9-21-10-12-22(13-11-21)18-15-5-1-2-6-16(15)24-20-18/h1-2,5-6,14H,3-4,7-13H2,(H,19,23). The number of amides is 1. The van der Waals surface area contributed by atoms with Crippen LogP contribution in [0.5, 0.6) is 0 Å². The smallest absolute Gasteiger partial charge is 0.220 e. The third kappa shape index (κ3) is 3.39. The maximum atomic E-state index is 11.5. The lowest BCUT2D eigenvalue weighted by molar-refractivity contribution is -0.123. The molecule has 2 fully saturated rings. The molecule has 2 saturated heterocycles. The number of rotatable bonds is 4. The number of anilines is 1. The van der Waals surface area contributed by atoms with Crippen molar-refractivity contribution < 1.29 is 4.79 Å². The van der Waals surface area contributed by atoms with Crippen molar-refractivity contribution in [2.24, 2.45) is 0 Å². The molecule has 1 aromatic carbocycles. The highest BCUT2D eigenvalue weighted by molar-refractivity contribution is 7.13. The molecular weight excluding hydrogens is 320 g/mol.